The molecule has 0 unspecified atom stereocenters. The SMILES string of the molecule is Cc1ccc(CN[C@H](C)c2ccccn2)c(N2CCCC2)n1. The van der Waals surface area contributed by atoms with Gasteiger partial charge in [-0.25, -0.2) is 4.98 Å². The van der Waals surface area contributed by atoms with Gasteiger partial charge in [0, 0.05) is 43.1 Å². The molecule has 22 heavy (non-hydrogen) atoms. The second-order valence-electron chi connectivity index (χ2n) is 5.99. The maximum atomic E-state index is 4.78. The Morgan fingerprint density at radius 3 is 2.73 bits per heavy atom. The van der Waals surface area contributed by atoms with E-state index >= 15 is 0 Å². The lowest BCUT2D eigenvalue weighted by atomic mass is 10.1. The summed E-state index contributed by atoms with van der Waals surface area (Å²) < 4.78 is 0. The Kier molecular flexibility index (Phi) is 4.68. The Balaban J connectivity index is 1.72. The predicted molar refractivity (Wildman–Crippen MR) is 89.9 cm³/mol. The molecule has 2 aromatic heterocycles. The zero-order valence-corrected chi connectivity index (χ0v) is 13.4. The Morgan fingerprint density at radius 2 is 2.00 bits per heavy atom. The zero-order chi connectivity index (χ0) is 15.4. The van der Waals surface area contributed by atoms with Crippen molar-refractivity contribution in [3.63, 3.8) is 0 Å². The van der Waals surface area contributed by atoms with Gasteiger partial charge >= 0.3 is 0 Å². The molecule has 1 N–H and O–H groups in total. The minimum Gasteiger partial charge on any atom is -0.356 e. The van der Waals surface area contributed by atoms with E-state index in [2.05, 4.69) is 47.2 Å². The molecular weight excluding hydrogens is 272 g/mol. The first-order chi connectivity index (χ1) is 10.7. The van der Waals surface area contributed by atoms with E-state index in [-0.39, 0.29) is 6.04 Å². The van der Waals surface area contributed by atoms with Gasteiger partial charge in [0.1, 0.15) is 5.82 Å². The standard InChI is InChI=1S/C18H24N4/c1-14-8-9-16(18(21-14)22-11-5-6-12-22)13-20-15(2)17-7-3-4-10-19-17/h3-4,7-10,15,20H,5-6,11-13H2,1-2H3/t15-/m1/s1. The number of aromatic nitrogens is 2. The lowest BCUT2D eigenvalue weighted by Crippen LogP contribution is -2.24. The number of nitrogens with one attached hydrogen (secondary N) is 1. The Morgan fingerprint density at radius 1 is 1.18 bits per heavy atom. The average Bonchev–Trinajstić information content (AvgIpc) is 3.08. The van der Waals surface area contributed by atoms with Crippen LogP contribution >= 0.6 is 0 Å². The van der Waals surface area contributed by atoms with Gasteiger partial charge in [-0.1, -0.05) is 12.1 Å². The number of pyridine rings is 2. The lowest BCUT2D eigenvalue weighted by molar-refractivity contribution is 0.560. The summed E-state index contributed by atoms with van der Waals surface area (Å²) in [6.45, 7) is 7.28. The minimum atomic E-state index is 0.230. The van der Waals surface area contributed by atoms with Crippen LogP contribution in [0, 0.1) is 6.92 Å². The van der Waals surface area contributed by atoms with E-state index in [1.807, 2.05) is 18.3 Å². The van der Waals surface area contributed by atoms with Crippen molar-refractivity contribution >= 4 is 5.82 Å². The summed E-state index contributed by atoms with van der Waals surface area (Å²) in [7, 11) is 0. The van der Waals surface area contributed by atoms with Gasteiger partial charge in [0.25, 0.3) is 0 Å². The number of rotatable bonds is 5. The largest absolute Gasteiger partial charge is 0.356 e. The molecule has 1 atom stereocenters. The molecule has 1 aliphatic heterocycles. The maximum absolute atomic E-state index is 4.78. The topological polar surface area (TPSA) is 41.1 Å². The molecule has 1 aliphatic rings. The smallest absolute Gasteiger partial charge is 0.133 e. The molecule has 0 bridgehead atoms. The monoisotopic (exact) mass is 296 g/mol. The molecule has 2 aromatic rings. The van der Waals surface area contributed by atoms with Crippen molar-refractivity contribution in [2.24, 2.45) is 0 Å². The van der Waals surface area contributed by atoms with Crippen LogP contribution in [-0.2, 0) is 6.54 Å². The highest BCUT2D eigenvalue weighted by Gasteiger charge is 2.17. The first kappa shape index (κ1) is 15.0. The molecule has 0 aliphatic carbocycles. The third-order valence-corrected chi connectivity index (χ3v) is 4.23. The Bertz CT molecular complexity index is 606. The third-order valence-electron chi connectivity index (χ3n) is 4.23. The van der Waals surface area contributed by atoms with Gasteiger partial charge in [0.15, 0.2) is 0 Å². The van der Waals surface area contributed by atoms with Crippen LogP contribution < -0.4 is 10.2 Å². The minimum absolute atomic E-state index is 0.230. The summed E-state index contributed by atoms with van der Waals surface area (Å²) in [6, 6.07) is 10.6. The molecule has 4 heteroatoms. The van der Waals surface area contributed by atoms with E-state index in [1.54, 1.807) is 0 Å². The van der Waals surface area contributed by atoms with Crippen LogP contribution in [0.25, 0.3) is 0 Å². The Labute approximate surface area is 132 Å². The van der Waals surface area contributed by atoms with Crippen LogP contribution in [0.2, 0.25) is 0 Å². The van der Waals surface area contributed by atoms with Crippen molar-refractivity contribution in [2.45, 2.75) is 39.3 Å². The maximum Gasteiger partial charge on any atom is 0.133 e. The van der Waals surface area contributed by atoms with Crippen LogP contribution in [0.5, 0.6) is 0 Å². The molecule has 0 aromatic carbocycles. The number of hydrogen-bond donors (Lipinski definition) is 1. The van der Waals surface area contributed by atoms with Crippen LogP contribution in [0.4, 0.5) is 5.82 Å². The van der Waals surface area contributed by atoms with Crippen molar-refractivity contribution in [3.8, 4) is 0 Å². The molecule has 0 saturated carbocycles. The molecular formula is C18H24N4. The van der Waals surface area contributed by atoms with Crippen LogP contribution in [0.1, 0.15) is 42.8 Å². The highest BCUT2D eigenvalue weighted by Crippen LogP contribution is 2.23. The first-order valence-electron chi connectivity index (χ1n) is 8.10. The fourth-order valence-corrected chi connectivity index (χ4v) is 2.91. The van der Waals surface area contributed by atoms with Crippen molar-refractivity contribution in [1.29, 1.82) is 0 Å². The molecule has 1 fully saturated rings. The van der Waals surface area contributed by atoms with E-state index < -0.39 is 0 Å². The van der Waals surface area contributed by atoms with Crippen molar-refractivity contribution in [3.05, 3.63) is 53.5 Å². The quantitative estimate of drug-likeness (QED) is 0.919. The number of hydrogen-bond acceptors (Lipinski definition) is 4. The van der Waals surface area contributed by atoms with Gasteiger partial charge in [-0.3, -0.25) is 4.98 Å². The molecule has 3 heterocycles. The summed E-state index contributed by atoms with van der Waals surface area (Å²) in [6.07, 6.45) is 4.39. The first-order valence-corrected chi connectivity index (χ1v) is 8.10. The van der Waals surface area contributed by atoms with Gasteiger partial charge in [-0.05, 0) is 44.9 Å². The molecule has 0 spiro atoms. The highest BCUT2D eigenvalue weighted by molar-refractivity contribution is 5.48. The lowest BCUT2D eigenvalue weighted by Gasteiger charge is -2.22. The van der Waals surface area contributed by atoms with Gasteiger partial charge in [-0.15, -0.1) is 0 Å². The summed E-state index contributed by atoms with van der Waals surface area (Å²) in [4.78, 5) is 11.6. The van der Waals surface area contributed by atoms with Crippen molar-refractivity contribution < 1.29 is 0 Å². The van der Waals surface area contributed by atoms with Crippen molar-refractivity contribution in [1.82, 2.24) is 15.3 Å². The van der Waals surface area contributed by atoms with Crippen LogP contribution in [0.3, 0.4) is 0 Å². The molecule has 0 radical (unpaired) electrons. The van der Waals surface area contributed by atoms with E-state index in [1.165, 1.54) is 18.4 Å². The van der Waals surface area contributed by atoms with Gasteiger partial charge in [-0.2, -0.15) is 0 Å². The van der Waals surface area contributed by atoms with E-state index in [0.29, 0.717) is 0 Å². The van der Waals surface area contributed by atoms with Crippen LogP contribution in [-0.4, -0.2) is 23.1 Å². The second kappa shape index (κ2) is 6.88. The van der Waals surface area contributed by atoms with E-state index in [4.69, 9.17) is 4.98 Å². The third kappa shape index (κ3) is 3.45. The Hall–Kier alpha value is -1.94. The molecule has 116 valence electrons. The second-order valence-corrected chi connectivity index (χ2v) is 5.99. The fourth-order valence-electron chi connectivity index (χ4n) is 2.91. The van der Waals surface area contributed by atoms with E-state index in [0.717, 1.165) is 36.8 Å². The molecule has 1 saturated heterocycles. The molecule has 4 nitrogen and oxygen atoms in total. The number of anilines is 1. The zero-order valence-electron chi connectivity index (χ0n) is 13.4. The average molecular weight is 296 g/mol. The highest BCUT2D eigenvalue weighted by atomic mass is 15.2. The number of nitrogens with zero attached hydrogens (tertiary/aromatic N) is 3. The fraction of sp³-hybridized carbons (Fsp3) is 0.444. The van der Waals surface area contributed by atoms with Gasteiger partial charge in [0.05, 0.1) is 5.69 Å². The summed E-state index contributed by atoms with van der Waals surface area (Å²) >= 11 is 0. The molecule has 0 amide bonds. The predicted octanol–water partition coefficient (Wildman–Crippen LogP) is 3.24. The van der Waals surface area contributed by atoms with Gasteiger partial charge < -0.3 is 10.2 Å². The normalized spacial score (nSPS) is 16.0. The van der Waals surface area contributed by atoms with Gasteiger partial charge in [0.2, 0.25) is 0 Å². The van der Waals surface area contributed by atoms with Crippen molar-refractivity contribution in [2.75, 3.05) is 18.0 Å². The summed E-state index contributed by atoms with van der Waals surface area (Å²) in [5.41, 5.74) is 3.43. The van der Waals surface area contributed by atoms with Crippen LogP contribution in [0.15, 0.2) is 36.5 Å². The summed E-state index contributed by atoms with van der Waals surface area (Å²) in [5, 5.41) is 3.57. The summed E-state index contributed by atoms with van der Waals surface area (Å²) in [5.74, 6) is 1.15. The van der Waals surface area contributed by atoms with E-state index in [9.17, 15) is 0 Å². The molecule has 3 rings (SSSR count). The number of aryl methyl sites for hydroxylation is 1.